The van der Waals surface area contributed by atoms with Gasteiger partial charge in [-0.1, -0.05) is 23.7 Å². The number of esters is 1. The van der Waals surface area contributed by atoms with E-state index in [1.807, 2.05) is 0 Å². The summed E-state index contributed by atoms with van der Waals surface area (Å²) in [5, 5.41) is -0.163. The molecule has 0 N–H and O–H groups in total. The standard InChI is InChI=1S/C18H16ClF3O4/c1-24-7-8-25-17(23)10-12-3-2-4-14(9-12)26-16-6-5-13(11-15(16)19)18(20,21)22/h2-6,9,11H,7-8,10H2,1H3. The highest BCUT2D eigenvalue weighted by molar-refractivity contribution is 6.32. The molecule has 0 aromatic heterocycles. The van der Waals surface area contributed by atoms with Crippen LogP contribution in [-0.4, -0.2) is 26.3 Å². The minimum atomic E-state index is -4.48. The molecule has 0 aliphatic heterocycles. The van der Waals surface area contributed by atoms with Crippen molar-refractivity contribution in [2.75, 3.05) is 20.3 Å². The van der Waals surface area contributed by atoms with Gasteiger partial charge in [0.05, 0.1) is 23.6 Å². The summed E-state index contributed by atoms with van der Waals surface area (Å²) in [5.41, 5.74) is -0.227. The van der Waals surface area contributed by atoms with Gasteiger partial charge in [-0.25, -0.2) is 0 Å². The van der Waals surface area contributed by atoms with Gasteiger partial charge in [0, 0.05) is 7.11 Å². The van der Waals surface area contributed by atoms with Gasteiger partial charge in [-0.2, -0.15) is 13.2 Å². The zero-order valence-corrected chi connectivity index (χ0v) is 14.6. The maximum atomic E-state index is 12.7. The molecule has 0 fully saturated rings. The molecule has 0 saturated carbocycles. The third-order valence-electron chi connectivity index (χ3n) is 3.28. The van der Waals surface area contributed by atoms with Crippen LogP contribution in [0.15, 0.2) is 42.5 Å². The molecular formula is C18H16ClF3O4. The van der Waals surface area contributed by atoms with E-state index in [4.69, 9.17) is 25.8 Å². The third-order valence-corrected chi connectivity index (χ3v) is 3.58. The van der Waals surface area contributed by atoms with E-state index in [0.717, 1.165) is 18.2 Å². The highest BCUT2D eigenvalue weighted by atomic mass is 35.5. The number of hydrogen-bond donors (Lipinski definition) is 0. The number of hydrogen-bond acceptors (Lipinski definition) is 4. The Kier molecular flexibility index (Phi) is 6.88. The van der Waals surface area contributed by atoms with Crippen LogP contribution in [0.4, 0.5) is 13.2 Å². The molecule has 0 heterocycles. The normalized spacial score (nSPS) is 11.3. The highest BCUT2D eigenvalue weighted by Crippen LogP contribution is 2.36. The Bertz CT molecular complexity index is 762. The van der Waals surface area contributed by atoms with E-state index in [1.165, 1.54) is 7.11 Å². The Morgan fingerprint density at radius 2 is 1.88 bits per heavy atom. The van der Waals surface area contributed by atoms with Crippen molar-refractivity contribution in [2.45, 2.75) is 12.6 Å². The molecule has 0 atom stereocenters. The molecule has 0 radical (unpaired) electrons. The number of halogens is 4. The van der Waals surface area contributed by atoms with E-state index in [2.05, 4.69) is 0 Å². The van der Waals surface area contributed by atoms with E-state index >= 15 is 0 Å². The summed E-state index contributed by atoms with van der Waals surface area (Å²) in [7, 11) is 1.50. The predicted octanol–water partition coefficient (Wildman–Crippen LogP) is 4.88. The van der Waals surface area contributed by atoms with Gasteiger partial charge in [0.15, 0.2) is 0 Å². The monoisotopic (exact) mass is 388 g/mol. The van der Waals surface area contributed by atoms with Crippen molar-refractivity contribution >= 4 is 17.6 Å². The Balaban J connectivity index is 2.05. The van der Waals surface area contributed by atoms with Crippen LogP contribution >= 0.6 is 11.6 Å². The summed E-state index contributed by atoms with van der Waals surface area (Å²) < 4.78 is 53.3. The first-order chi connectivity index (χ1) is 12.3. The molecular weight excluding hydrogens is 373 g/mol. The first-order valence-electron chi connectivity index (χ1n) is 7.57. The van der Waals surface area contributed by atoms with Gasteiger partial charge in [-0.05, 0) is 35.9 Å². The Morgan fingerprint density at radius 1 is 1.12 bits per heavy atom. The van der Waals surface area contributed by atoms with Crippen LogP contribution in [0.2, 0.25) is 5.02 Å². The molecule has 26 heavy (non-hydrogen) atoms. The van der Waals surface area contributed by atoms with Crippen LogP contribution in [0, 0.1) is 0 Å². The second-order valence-electron chi connectivity index (χ2n) is 5.28. The largest absolute Gasteiger partial charge is 0.463 e. The van der Waals surface area contributed by atoms with E-state index in [-0.39, 0.29) is 23.8 Å². The van der Waals surface area contributed by atoms with Crippen LogP contribution < -0.4 is 4.74 Å². The average molecular weight is 389 g/mol. The number of carbonyl (C=O) groups excluding carboxylic acids is 1. The SMILES string of the molecule is COCCOC(=O)Cc1cccc(Oc2ccc(C(F)(F)F)cc2Cl)c1. The Hall–Kier alpha value is -2.25. The molecule has 2 aromatic rings. The second-order valence-corrected chi connectivity index (χ2v) is 5.69. The third kappa shape index (κ3) is 5.93. The average Bonchev–Trinajstić information content (AvgIpc) is 2.56. The lowest BCUT2D eigenvalue weighted by Crippen LogP contribution is -2.11. The van der Waals surface area contributed by atoms with Crippen molar-refractivity contribution in [3.8, 4) is 11.5 Å². The van der Waals surface area contributed by atoms with Gasteiger partial charge in [-0.3, -0.25) is 4.79 Å². The summed E-state index contributed by atoms with van der Waals surface area (Å²) in [6, 6.07) is 9.40. The number of methoxy groups -OCH3 is 1. The smallest absolute Gasteiger partial charge is 0.416 e. The zero-order chi connectivity index (χ0) is 19.2. The first kappa shape index (κ1) is 20.1. The van der Waals surface area contributed by atoms with Gasteiger partial charge < -0.3 is 14.2 Å². The fourth-order valence-corrected chi connectivity index (χ4v) is 2.28. The fourth-order valence-electron chi connectivity index (χ4n) is 2.06. The summed E-state index contributed by atoms with van der Waals surface area (Å²) in [4.78, 5) is 11.7. The number of carbonyl (C=O) groups is 1. The summed E-state index contributed by atoms with van der Waals surface area (Å²) >= 11 is 5.87. The summed E-state index contributed by atoms with van der Waals surface area (Å²) in [5.74, 6) is 0.0000930. The molecule has 0 unspecified atom stereocenters. The molecule has 0 amide bonds. The molecule has 2 rings (SSSR count). The molecule has 8 heteroatoms. The number of alkyl halides is 3. The van der Waals surface area contributed by atoms with Crippen molar-refractivity contribution in [3.05, 3.63) is 58.6 Å². The Labute approximate surface area is 153 Å². The molecule has 4 nitrogen and oxygen atoms in total. The van der Waals surface area contributed by atoms with Gasteiger partial charge in [0.2, 0.25) is 0 Å². The van der Waals surface area contributed by atoms with Gasteiger partial charge in [-0.15, -0.1) is 0 Å². The van der Waals surface area contributed by atoms with Gasteiger partial charge in [0.25, 0.3) is 0 Å². The van der Waals surface area contributed by atoms with Crippen molar-refractivity contribution in [2.24, 2.45) is 0 Å². The van der Waals surface area contributed by atoms with Crippen molar-refractivity contribution in [3.63, 3.8) is 0 Å². The quantitative estimate of drug-likeness (QED) is 0.500. The van der Waals surface area contributed by atoms with E-state index in [9.17, 15) is 18.0 Å². The lowest BCUT2D eigenvalue weighted by molar-refractivity contribution is -0.144. The second kappa shape index (κ2) is 8.91. The lowest BCUT2D eigenvalue weighted by atomic mass is 10.1. The molecule has 0 aliphatic carbocycles. The maximum absolute atomic E-state index is 12.7. The van der Waals surface area contributed by atoms with E-state index in [0.29, 0.717) is 17.9 Å². The molecule has 2 aromatic carbocycles. The van der Waals surface area contributed by atoms with Crippen LogP contribution in [0.5, 0.6) is 11.5 Å². The number of benzene rings is 2. The fraction of sp³-hybridized carbons (Fsp3) is 0.278. The zero-order valence-electron chi connectivity index (χ0n) is 13.8. The maximum Gasteiger partial charge on any atom is 0.416 e. The van der Waals surface area contributed by atoms with Crippen LogP contribution in [0.1, 0.15) is 11.1 Å². The first-order valence-corrected chi connectivity index (χ1v) is 7.95. The van der Waals surface area contributed by atoms with Gasteiger partial charge in [0.1, 0.15) is 18.1 Å². The van der Waals surface area contributed by atoms with E-state index < -0.39 is 17.7 Å². The Morgan fingerprint density at radius 3 is 2.54 bits per heavy atom. The number of rotatable bonds is 7. The molecule has 0 saturated heterocycles. The van der Waals surface area contributed by atoms with Crippen molar-refractivity contribution < 1.29 is 32.2 Å². The van der Waals surface area contributed by atoms with E-state index in [1.54, 1.807) is 24.3 Å². The van der Waals surface area contributed by atoms with Crippen LogP contribution in [-0.2, 0) is 26.9 Å². The van der Waals surface area contributed by atoms with Crippen molar-refractivity contribution in [1.82, 2.24) is 0 Å². The molecule has 0 aliphatic rings. The highest BCUT2D eigenvalue weighted by Gasteiger charge is 2.31. The van der Waals surface area contributed by atoms with Crippen molar-refractivity contribution in [1.29, 1.82) is 0 Å². The lowest BCUT2D eigenvalue weighted by Gasteiger charge is -2.12. The van der Waals surface area contributed by atoms with Crippen LogP contribution in [0.3, 0.4) is 0 Å². The van der Waals surface area contributed by atoms with Crippen LogP contribution in [0.25, 0.3) is 0 Å². The summed E-state index contributed by atoms with van der Waals surface area (Å²) in [6.07, 6.45) is -4.45. The molecule has 0 spiro atoms. The topological polar surface area (TPSA) is 44.8 Å². The summed E-state index contributed by atoms with van der Waals surface area (Å²) in [6.45, 7) is 0.466. The molecule has 0 bridgehead atoms. The minimum absolute atomic E-state index is 0.0294. The molecule has 140 valence electrons. The predicted molar refractivity (Wildman–Crippen MR) is 89.5 cm³/mol. The minimum Gasteiger partial charge on any atom is -0.463 e. The number of ether oxygens (including phenoxy) is 3. The van der Waals surface area contributed by atoms with Gasteiger partial charge >= 0.3 is 12.1 Å².